The molecule has 4 nitrogen and oxygen atoms in total. The predicted molar refractivity (Wildman–Crippen MR) is 115 cm³/mol. The first-order chi connectivity index (χ1) is 12.2. The molecule has 0 bridgehead atoms. The second-order valence-corrected chi connectivity index (χ2v) is 6.82. The fourth-order valence-corrected chi connectivity index (χ4v) is 3.26. The molecule has 1 saturated carbocycles. The number of hydrogen-bond acceptors (Lipinski definition) is 2. The molecule has 2 aliphatic rings. The molecule has 0 amide bonds. The Morgan fingerprint density at radius 2 is 2.08 bits per heavy atom. The molecule has 1 fully saturated rings. The number of guanidine groups is 1. The van der Waals surface area contributed by atoms with E-state index in [4.69, 9.17) is 9.73 Å². The van der Waals surface area contributed by atoms with E-state index >= 15 is 0 Å². The molecule has 0 atom stereocenters. The number of halogens is 2. The van der Waals surface area contributed by atoms with Crippen molar-refractivity contribution < 1.29 is 9.13 Å². The maximum Gasteiger partial charge on any atom is 0.191 e. The maximum absolute atomic E-state index is 14.1. The lowest BCUT2D eigenvalue weighted by molar-refractivity contribution is 0.153. The molecule has 1 aromatic carbocycles. The second-order valence-electron chi connectivity index (χ2n) is 6.82. The van der Waals surface area contributed by atoms with Crippen molar-refractivity contribution in [2.45, 2.75) is 38.0 Å². The molecular weight excluding hydrogens is 444 g/mol. The molecule has 0 saturated heterocycles. The maximum atomic E-state index is 14.1. The van der Waals surface area contributed by atoms with Crippen LogP contribution in [0.3, 0.4) is 0 Å². The minimum absolute atomic E-state index is 0. The van der Waals surface area contributed by atoms with Crippen LogP contribution in [-0.4, -0.2) is 38.8 Å². The summed E-state index contributed by atoms with van der Waals surface area (Å²) in [6, 6.07) is 7.10. The van der Waals surface area contributed by atoms with Gasteiger partial charge in [0.25, 0.3) is 0 Å². The minimum Gasteiger partial charge on any atom is -0.377 e. The summed E-state index contributed by atoms with van der Waals surface area (Å²) in [6.45, 7) is 5.90. The summed E-state index contributed by atoms with van der Waals surface area (Å²) in [5, 5.41) is 6.69. The minimum atomic E-state index is -0.114. The van der Waals surface area contributed by atoms with Crippen LogP contribution in [0, 0.1) is 5.82 Å². The molecule has 2 N–H and O–H groups in total. The molecule has 6 heteroatoms. The van der Waals surface area contributed by atoms with Crippen LogP contribution in [0.1, 0.15) is 38.2 Å². The van der Waals surface area contributed by atoms with Crippen molar-refractivity contribution in [3.8, 4) is 0 Å². The van der Waals surface area contributed by atoms with Crippen molar-refractivity contribution in [3.05, 3.63) is 47.3 Å². The summed E-state index contributed by atoms with van der Waals surface area (Å²) in [5.41, 5.74) is 2.14. The standard InChI is InChI=1S/C20H28FN3O.HI/c1-2-22-19(23-12-7-16-8-13-25-14-9-16)24-15-20(10-11-20)17-5-3-4-6-18(17)21;/h3-6,8H,2,7,9-15H2,1H3,(H2,22,23,24);1H. The quantitative estimate of drug-likeness (QED) is 0.275. The zero-order valence-corrected chi connectivity index (χ0v) is 17.7. The molecule has 0 aromatic heterocycles. The van der Waals surface area contributed by atoms with Crippen molar-refractivity contribution in [1.82, 2.24) is 10.6 Å². The fourth-order valence-electron chi connectivity index (χ4n) is 3.26. The third-order valence-electron chi connectivity index (χ3n) is 4.98. The van der Waals surface area contributed by atoms with Gasteiger partial charge in [-0.1, -0.05) is 29.8 Å². The summed E-state index contributed by atoms with van der Waals surface area (Å²) in [6.07, 6.45) is 6.21. The molecule has 0 radical (unpaired) electrons. The number of aliphatic imine (C=N–C) groups is 1. The highest BCUT2D eigenvalue weighted by molar-refractivity contribution is 14.0. The molecule has 1 heterocycles. The van der Waals surface area contributed by atoms with Crippen molar-refractivity contribution in [3.63, 3.8) is 0 Å². The molecule has 1 aliphatic heterocycles. The molecule has 144 valence electrons. The Hall–Kier alpha value is -1.15. The number of rotatable bonds is 7. The SMILES string of the molecule is CCNC(=NCC1(c2ccccc2F)CC1)NCCC1=CCOCC1.I. The monoisotopic (exact) mass is 473 g/mol. The third kappa shape index (κ3) is 5.67. The number of benzene rings is 1. The van der Waals surface area contributed by atoms with E-state index in [1.165, 1.54) is 5.57 Å². The van der Waals surface area contributed by atoms with Gasteiger partial charge in [0.05, 0.1) is 19.8 Å². The van der Waals surface area contributed by atoms with E-state index in [1.54, 1.807) is 12.1 Å². The van der Waals surface area contributed by atoms with E-state index in [9.17, 15) is 4.39 Å². The summed E-state index contributed by atoms with van der Waals surface area (Å²) in [7, 11) is 0. The summed E-state index contributed by atoms with van der Waals surface area (Å²) in [5.74, 6) is 0.706. The van der Waals surface area contributed by atoms with Crippen molar-refractivity contribution in [1.29, 1.82) is 0 Å². The van der Waals surface area contributed by atoms with Crippen molar-refractivity contribution in [2.75, 3.05) is 32.8 Å². The number of hydrogen-bond donors (Lipinski definition) is 2. The summed E-state index contributed by atoms with van der Waals surface area (Å²) < 4.78 is 19.4. The Labute approximate surface area is 172 Å². The first-order valence-electron chi connectivity index (χ1n) is 9.26. The largest absolute Gasteiger partial charge is 0.377 e. The van der Waals surface area contributed by atoms with E-state index < -0.39 is 0 Å². The average molecular weight is 473 g/mol. The Balaban J connectivity index is 0.00000243. The predicted octanol–water partition coefficient (Wildman–Crippen LogP) is 3.77. The molecule has 26 heavy (non-hydrogen) atoms. The number of nitrogens with zero attached hydrogens (tertiary/aromatic N) is 1. The molecular formula is C20H29FIN3O. The highest BCUT2D eigenvalue weighted by atomic mass is 127. The summed E-state index contributed by atoms with van der Waals surface area (Å²) >= 11 is 0. The van der Waals surface area contributed by atoms with Gasteiger partial charge in [-0.25, -0.2) is 4.39 Å². The van der Waals surface area contributed by atoms with Crippen LogP contribution >= 0.6 is 24.0 Å². The van der Waals surface area contributed by atoms with Gasteiger partial charge in [-0.2, -0.15) is 0 Å². The highest BCUT2D eigenvalue weighted by Gasteiger charge is 2.45. The van der Waals surface area contributed by atoms with Gasteiger partial charge in [0.1, 0.15) is 5.82 Å². The summed E-state index contributed by atoms with van der Waals surface area (Å²) in [4.78, 5) is 4.73. The van der Waals surface area contributed by atoms with E-state index in [0.717, 1.165) is 63.5 Å². The zero-order valence-electron chi connectivity index (χ0n) is 15.4. The molecule has 1 aliphatic carbocycles. The van der Waals surface area contributed by atoms with Crippen LogP contribution < -0.4 is 10.6 Å². The topological polar surface area (TPSA) is 45.7 Å². The number of ether oxygens (including phenoxy) is 1. The van der Waals surface area contributed by atoms with Gasteiger partial charge in [-0.3, -0.25) is 4.99 Å². The first-order valence-corrected chi connectivity index (χ1v) is 9.26. The highest BCUT2D eigenvalue weighted by Crippen LogP contribution is 2.49. The van der Waals surface area contributed by atoms with Crippen LogP contribution in [0.25, 0.3) is 0 Å². The average Bonchev–Trinajstić information content (AvgIpc) is 3.42. The zero-order chi connectivity index (χ0) is 17.5. The van der Waals surface area contributed by atoms with E-state index in [2.05, 4.69) is 23.6 Å². The van der Waals surface area contributed by atoms with E-state index in [1.807, 2.05) is 12.1 Å². The number of nitrogens with one attached hydrogen (secondary N) is 2. The van der Waals surface area contributed by atoms with Gasteiger partial charge < -0.3 is 15.4 Å². The van der Waals surface area contributed by atoms with Gasteiger partial charge >= 0.3 is 0 Å². The van der Waals surface area contributed by atoms with Gasteiger partial charge in [-0.15, -0.1) is 24.0 Å². The smallest absolute Gasteiger partial charge is 0.191 e. The van der Waals surface area contributed by atoms with Crippen LogP contribution in [0.5, 0.6) is 0 Å². The van der Waals surface area contributed by atoms with Crippen LogP contribution in [0.2, 0.25) is 0 Å². The third-order valence-corrected chi connectivity index (χ3v) is 4.98. The lowest BCUT2D eigenvalue weighted by atomic mass is 9.95. The Morgan fingerprint density at radius 1 is 1.27 bits per heavy atom. The van der Waals surface area contributed by atoms with Crippen molar-refractivity contribution in [2.24, 2.45) is 4.99 Å². The molecule has 0 spiro atoms. The molecule has 0 unspecified atom stereocenters. The van der Waals surface area contributed by atoms with Crippen LogP contribution in [0.15, 0.2) is 40.9 Å². The van der Waals surface area contributed by atoms with Crippen LogP contribution in [-0.2, 0) is 10.2 Å². The lowest BCUT2D eigenvalue weighted by Gasteiger charge is -2.17. The normalized spacial score (nSPS) is 18.5. The van der Waals surface area contributed by atoms with Crippen LogP contribution in [0.4, 0.5) is 4.39 Å². The molecule has 3 rings (SSSR count). The van der Waals surface area contributed by atoms with Gasteiger partial charge in [0.2, 0.25) is 0 Å². The lowest BCUT2D eigenvalue weighted by Crippen LogP contribution is -2.38. The second kappa shape index (κ2) is 10.3. The Bertz CT molecular complexity index is 644. The Morgan fingerprint density at radius 3 is 2.73 bits per heavy atom. The Kier molecular flexibility index (Phi) is 8.34. The van der Waals surface area contributed by atoms with E-state index in [-0.39, 0.29) is 35.2 Å². The van der Waals surface area contributed by atoms with Gasteiger partial charge in [0.15, 0.2) is 5.96 Å². The van der Waals surface area contributed by atoms with Gasteiger partial charge in [-0.05, 0) is 44.2 Å². The van der Waals surface area contributed by atoms with E-state index in [0.29, 0.717) is 6.54 Å². The van der Waals surface area contributed by atoms with Crippen molar-refractivity contribution >= 4 is 29.9 Å². The van der Waals surface area contributed by atoms with Gasteiger partial charge in [0, 0.05) is 18.5 Å². The molecule has 1 aromatic rings. The fraction of sp³-hybridized carbons (Fsp3) is 0.550. The first kappa shape index (κ1) is 21.2.